The number of fused-ring (bicyclic) bond motifs is 1. The van der Waals surface area contributed by atoms with Crippen LogP contribution in [0.2, 0.25) is 0 Å². The molecule has 0 fully saturated rings. The lowest BCUT2D eigenvalue weighted by Gasteiger charge is -2.01. The van der Waals surface area contributed by atoms with E-state index in [1.165, 1.54) is 0 Å². The summed E-state index contributed by atoms with van der Waals surface area (Å²) in [6.45, 7) is 4.07. The molecule has 0 aromatic carbocycles. The maximum atomic E-state index is 4.49. The maximum Gasteiger partial charge on any atom is 0.181 e. The van der Waals surface area contributed by atoms with E-state index < -0.39 is 0 Å². The van der Waals surface area contributed by atoms with Crippen LogP contribution in [0.5, 0.6) is 0 Å². The van der Waals surface area contributed by atoms with Gasteiger partial charge in [0.2, 0.25) is 0 Å². The van der Waals surface area contributed by atoms with Crippen LogP contribution in [0.15, 0.2) is 61.1 Å². The monoisotopic (exact) mass is 341 g/mol. The molecule has 26 heavy (non-hydrogen) atoms. The van der Waals surface area contributed by atoms with Gasteiger partial charge in [-0.15, -0.1) is 0 Å². The molecule has 0 saturated heterocycles. The number of aromatic nitrogens is 5. The molecule has 0 bridgehead atoms. The summed E-state index contributed by atoms with van der Waals surface area (Å²) in [6.07, 6.45) is 13.6. The first-order valence-electron chi connectivity index (χ1n) is 8.50. The van der Waals surface area contributed by atoms with E-state index in [0.717, 1.165) is 39.2 Å². The number of hydrogen-bond acceptors (Lipinski definition) is 3. The summed E-state index contributed by atoms with van der Waals surface area (Å²) in [4.78, 5) is 12.0. The highest BCUT2D eigenvalue weighted by Crippen LogP contribution is 2.30. The molecule has 4 aromatic heterocycles. The predicted molar refractivity (Wildman–Crippen MR) is 105 cm³/mol. The predicted octanol–water partition coefficient (Wildman–Crippen LogP) is 4.91. The van der Waals surface area contributed by atoms with Crippen LogP contribution in [0.25, 0.3) is 39.6 Å². The Morgan fingerprint density at radius 1 is 1.04 bits per heavy atom. The van der Waals surface area contributed by atoms with Crippen LogP contribution >= 0.6 is 0 Å². The number of hydrogen-bond donors (Lipinski definition) is 2. The molecule has 5 heteroatoms. The first-order chi connectivity index (χ1) is 12.8. The third kappa shape index (κ3) is 2.95. The van der Waals surface area contributed by atoms with Crippen molar-refractivity contribution < 1.29 is 0 Å². The van der Waals surface area contributed by atoms with Crippen LogP contribution in [0.1, 0.15) is 18.2 Å². The van der Waals surface area contributed by atoms with Gasteiger partial charge in [-0.2, -0.15) is 5.10 Å². The van der Waals surface area contributed by atoms with Crippen LogP contribution in [-0.4, -0.2) is 25.1 Å². The lowest BCUT2D eigenvalue weighted by atomic mass is 10.1. The zero-order valence-electron chi connectivity index (χ0n) is 14.7. The minimum atomic E-state index is 0.705. The number of nitrogens with one attached hydrogen (secondary N) is 2. The number of H-pyrrole nitrogens is 2. The summed E-state index contributed by atoms with van der Waals surface area (Å²) < 4.78 is 0. The van der Waals surface area contributed by atoms with Gasteiger partial charge in [0.25, 0.3) is 0 Å². The Hall–Kier alpha value is -3.47. The Labute approximate surface area is 151 Å². The van der Waals surface area contributed by atoms with E-state index in [1.54, 1.807) is 12.4 Å². The standard InChI is InChI=1S/C21H19N5/c1-3-4-5-6-16-12-19(24-14(16)2)20-18-11-17(13-23-21(18)26-25-20)15-7-9-22-10-8-15/h3-13,24H,1-2H3,(H,23,25,26)/b4-3-,6-5-. The third-order valence-electron chi connectivity index (χ3n) is 4.33. The second kappa shape index (κ2) is 6.80. The maximum absolute atomic E-state index is 4.49. The van der Waals surface area contributed by atoms with E-state index in [-0.39, 0.29) is 0 Å². The average molecular weight is 341 g/mol. The van der Waals surface area contributed by atoms with Crippen molar-refractivity contribution in [2.75, 3.05) is 0 Å². The second-order valence-corrected chi connectivity index (χ2v) is 6.08. The van der Waals surface area contributed by atoms with Gasteiger partial charge in [-0.05, 0) is 49.2 Å². The van der Waals surface area contributed by atoms with Crippen molar-refractivity contribution in [1.82, 2.24) is 25.1 Å². The smallest absolute Gasteiger partial charge is 0.181 e. The molecule has 0 atom stereocenters. The SMILES string of the molecule is C/C=C\C=C/c1cc(-c2[nH]nc3ncc(-c4ccncc4)cc23)[nH]c1C. The third-order valence-corrected chi connectivity index (χ3v) is 4.33. The molecule has 0 aliphatic rings. The second-order valence-electron chi connectivity index (χ2n) is 6.08. The normalized spacial score (nSPS) is 11.9. The number of aryl methyl sites for hydroxylation is 1. The quantitative estimate of drug-likeness (QED) is 0.518. The van der Waals surface area contributed by atoms with Crippen LogP contribution < -0.4 is 0 Å². The Morgan fingerprint density at radius 2 is 1.88 bits per heavy atom. The summed E-state index contributed by atoms with van der Waals surface area (Å²) >= 11 is 0. The van der Waals surface area contributed by atoms with E-state index in [2.05, 4.69) is 50.3 Å². The minimum Gasteiger partial charge on any atom is -0.357 e. The van der Waals surface area contributed by atoms with Crippen molar-refractivity contribution in [3.8, 4) is 22.5 Å². The molecule has 0 aliphatic carbocycles. The molecule has 5 nitrogen and oxygen atoms in total. The van der Waals surface area contributed by atoms with Crippen LogP contribution in [0.4, 0.5) is 0 Å². The zero-order chi connectivity index (χ0) is 17.9. The molecule has 0 spiro atoms. The fourth-order valence-corrected chi connectivity index (χ4v) is 2.96. The number of aromatic amines is 2. The number of allylic oxidation sites excluding steroid dienone is 3. The van der Waals surface area contributed by atoms with Gasteiger partial charge in [-0.3, -0.25) is 10.1 Å². The lowest BCUT2D eigenvalue weighted by Crippen LogP contribution is -1.83. The average Bonchev–Trinajstić information content (AvgIpc) is 3.25. The van der Waals surface area contributed by atoms with Crippen molar-refractivity contribution in [3.63, 3.8) is 0 Å². The molecule has 0 aliphatic heterocycles. The topological polar surface area (TPSA) is 70.2 Å². The molecule has 0 saturated carbocycles. The van der Waals surface area contributed by atoms with Gasteiger partial charge in [-0.1, -0.05) is 24.3 Å². The first-order valence-corrected chi connectivity index (χ1v) is 8.50. The fraction of sp³-hybridized carbons (Fsp3) is 0.0952. The number of nitrogens with zero attached hydrogens (tertiary/aromatic N) is 3. The van der Waals surface area contributed by atoms with E-state index in [9.17, 15) is 0 Å². The van der Waals surface area contributed by atoms with E-state index in [0.29, 0.717) is 5.65 Å². The van der Waals surface area contributed by atoms with Crippen molar-refractivity contribution >= 4 is 17.1 Å². The Bertz CT molecular complexity index is 1100. The lowest BCUT2D eigenvalue weighted by molar-refractivity contribution is 1.09. The number of rotatable bonds is 4. The molecular weight excluding hydrogens is 322 g/mol. The van der Waals surface area contributed by atoms with Crippen molar-refractivity contribution in [1.29, 1.82) is 0 Å². The molecule has 4 rings (SSSR count). The first kappa shape index (κ1) is 16.0. The van der Waals surface area contributed by atoms with E-state index in [4.69, 9.17) is 0 Å². The summed E-state index contributed by atoms with van der Waals surface area (Å²) in [5, 5.41) is 8.46. The number of pyridine rings is 2. The van der Waals surface area contributed by atoms with Crippen molar-refractivity contribution in [2.45, 2.75) is 13.8 Å². The molecule has 4 aromatic rings. The van der Waals surface area contributed by atoms with Gasteiger partial charge in [0, 0.05) is 35.2 Å². The van der Waals surface area contributed by atoms with Gasteiger partial charge in [0.05, 0.1) is 11.4 Å². The van der Waals surface area contributed by atoms with Crippen molar-refractivity contribution in [2.24, 2.45) is 0 Å². The summed E-state index contributed by atoms with van der Waals surface area (Å²) in [6, 6.07) is 8.19. The Balaban J connectivity index is 1.79. The van der Waals surface area contributed by atoms with Crippen LogP contribution in [0.3, 0.4) is 0 Å². The molecular formula is C21H19N5. The van der Waals surface area contributed by atoms with Crippen LogP contribution in [-0.2, 0) is 0 Å². The molecule has 0 radical (unpaired) electrons. The van der Waals surface area contributed by atoms with Gasteiger partial charge in [-0.25, -0.2) is 4.98 Å². The summed E-state index contributed by atoms with van der Waals surface area (Å²) in [5.74, 6) is 0. The fourth-order valence-electron chi connectivity index (χ4n) is 2.96. The van der Waals surface area contributed by atoms with Gasteiger partial charge < -0.3 is 4.98 Å². The molecule has 0 unspecified atom stereocenters. The van der Waals surface area contributed by atoms with Crippen LogP contribution in [0, 0.1) is 6.92 Å². The minimum absolute atomic E-state index is 0.705. The van der Waals surface area contributed by atoms with Gasteiger partial charge in [0.15, 0.2) is 5.65 Å². The summed E-state index contributed by atoms with van der Waals surface area (Å²) in [7, 11) is 0. The Kier molecular flexibility index (Phi) is 4.19. The van der Waals surface area contributed by atoms with E-state index >= 15 is 0 Å². The largest absolute Gasteiger partial charge is 0.357 e. The van der Waals surface area contributed by atoms with E-state index in [1.807, 2.05) is 43.5 Å². The molecule has 128 valence electrons. The Morgan fingerprint density at radius 3 is 2.69 bits per heavy atom. The molecule has 0 amide bonds. The highest BCUT2D eigenvalue weighted by molar-refractivity contribution is 5.93. The van der Waals surface area contributed by atoms with Gasteiger partial charge >= 0.3 is 0 Å². The molecule has 4 heterocycles. The zero-order valence-corrected chi connectivity index (χ0v) is 14.7. The van der Waals surface area contributed by atoms with Crippen molar-refractivity contribution in [3.05, 3.63) is 72.3 Å². The summed E-state index contributed by atoms with van der Waals surface area (Å²) in [5.41, 5.74) is 7.03. The highest BCUT2D eigenvalue weighted by Gasteiger charge is 2.13. The van der Waals surface area contributed by atoms with Gasteiger partial charge in [0.1, 0.15) is 0 Å². The highest BCUT2D eigenvalue weighted by atomic mass is 15.2. The molecule has 2 N–H and O–H groups in total.